The number of nitrogen functional groups attached to an aromatic ring is 1. The van der Waals surface area contributed by atoms with E-state index in [-0.39, 0.29) is 5.91 Å². The third kappa shape index (κ3) is 7.77. The molecule has 0 heterocycles. The summed E-state index contributed by atoms with van der Waals surface area (Å²) in [6.07, 6.45) is 0.301. The Balaban J connectivity index is 0.000000253. The number of nitrogens with one attached hydrogen (secondary N) is 1. The maximum absolute atomic E-state index is 11.2. The SMILES string of the molecule is Nc1ccc(Br)c(Cl)c1.O=C(CCCl)Nc1ccc(Br)c(Cl)c1. The lowest BCUT2D eigenvalue weighted by Gasteiger charge is -2.04. The minimum absolute atomic E-state index is 0.113. The van der Waals surface area contributed by atoms with Gasteiger partial charge in [-0.05, 0) is 68.3 Å². The fraction of sp³-hybridized carbons (Fsp3) is 0.133. The maximum atomic E-state index is 11.2. The molecule has 0 aliphatic carbocycles. The molecule has 0 saturated carbocycles. The number of anilines is 2. The molecule has 2 aromatic carbocycles. The highest BCUT2D eigenvalue weighted by atomic mass is 79.9. The molecule has 0 spiro atoms. The van der Waals surface area contributed by atoms with Gasteiger partial charge in [0, 0.05) is 32.6 Å². The lowest BCUT2D eigenvalue weighted by atomic mass is 10.3. The fourth-order valence-electron chi connectivity index (χ4n) is 1.40. The van der Waals surface area contributed by atoms with Crippen molar-refractivity contribution in [3.05, 3.63) is 55.4 Å². The van der Waals surface area contributed by atoms with Gasteiger partial charge in [0.1, 0.15) is 0 Å². The molecule has 0 aliphatic heterocycles. The first-order valence-corrected chi connectivity index (χ1v) is 9.22. The first-order chi connectivity index (χ1) is 10.8. The normalized spacial score (nSPS) is 9.78. The Kier molecular flexibility index (Phi) is 9.32. The summed E-state index contributed by atoms with van der Waals surface area (Å²) in [7, 11) is 0. The molecule has 0 saturated heterocycles. The van der Waals surface area contributed by atoms with Crippen molar-refractivity contribution < 1.29 is 4.79 Å². The molecule has 0 radical (unpaired) electrons. The lowest BCUT2D eigenvalue weighted by Crippen LogP contribution is -2.11. The number of rotatable bonds is 3. The van der Waals surface area contributed by atoms with Crippen molar-refractivity contribution in [2.24, 2.45) is 0 Å². The van der Waals surface area contributed by atoms with Crippen molar-refractivity contribution in [3.8, 4) is 0 Å². The first-order valence-electron chi connectivity index (χ1n) is 6.35. The molecular formula is C15H13Br2Cl3N2O. The monoisotopic (exact) mass is 500 g/mol. The number of alkyl halides is 1. The van der Waals surface area contributed by atoms with E-state index in [0.29, 0.717) is 33.7 Å². The number of hydrogen-bond acceptors (Lipinski definition) is 2. The Morgan fingerprint density at radius 1 is 1.04 bits per heavy atom. The molecule has 0 bridgehead atoms. The van der Waals surface area contributed by atoms with Crippen LogP contribution in [0.4, 0.5) is 11.4 Å². The summed E-state index contributed by atoms with van der Waals surface area (Å²) in [6, 6.07) is 10.5. The standard InChI is InChI=1S/C9H8BrCl2NO.C6H5BrClN/c10-7-2-1-6(5-8(7)12)13-9(14)3-4-11;7-5-2-1-4(9)3-6(5)8/h1-2,5H,3-4H2,(H,13,14);1-3H,9H2. The van der Waals surface area contributed by atoms with E-state index in [2.05, 4.69) is 37.2 Å². The second kappa shape index (κ2) is 10.4. The molecule has 23 heavy (non-hydrogen) atoms. The average Bonchev–Trinajstić information content (AvgIpc) is 2.48. The average molecular weight is 503 g/mol. The highest BCUT2D eigenvalue weighted by molar-refractivity contribution is 9.10. The number of benzene rings is 2. The quantitative estimate of drug-likeness (QED) is 0.379. The third-order valence-corrected chi connectivity index (χ3v) is 5.12. The molecule has 0 unspecified atom stereocenters. The van der Waals surface area contributed by atoms with Gasteiger partial charge in [-0.1, -0.05) is 23.2 Å². The number of carbonyl (C=O) groups is 1. The molecule has 0 aliphatic rings. The van der Waals surface area contributed by atoms with Crippen molar-refractivity contribution in [1.82, 2.24) is 0 Å². The molecule has 0 fully saturated rings. The number of nitrogens with two attached hydrogens (primary N) is 1. The van der Waals surface area contributed by atoms with E-state index in [0.717, 1.165) is 8.95 Å². The summed E-state index contributed by atoms with van der Waals surface area (Å²) in [5.41, 5.74) is 6.78. The number of halogens is 5. The fourth-order valence-corrected chi connectivity index (χ4v) is 2.43. The molecule has 2 rings (SSSR count). The summed E-state index contributed by atoms with van der Waals surface area (Å²) < 4.78 is 1.67. The largest absolute Gasteiger partial charge is 0.399 e. The summed E-state index contributed by atoms with van der Waals surface area (Å²) >= 11 is 23.5. The second-order valence-electron chi connectivity index (χ2n) is 4.29. The van der Waals surface area contributed by atoms with Gasteiger partial charge in [0.15, 0.2) is 0 Å². The van der Waals surface area contributed by atoms with Crippen molar-refractivity contribution in [2.75, 3.05) is 16.9 Å². The molecule has 2 aromatic rings. The van der Waals surface area contributed by atoms with Crippen LogP contribution in [0.3, 0.4) is 0 Å². The van der Waals surface area contributed by atoms with Gasteiger partial charge in [0.2, 0.25) is 5.91 Å². The zero-order valence-corrected chi connectivity index (χ0v) is 17.2. The van der Waals surface area contributed by atoms with Gasteiger partial charge >= 0.3 is 0 Å². The van der Waals surface area contributed by atoms with Crippen molar-refractivity contribution in [1.29, 1.82) is 0 Å². The van der Waals surface area contributed by atoms with Gasteiger partial charge in [-0.25, -0.2) is 0 Å². The summed E-state index contributed by atoms with van der Waals surface area (Å²) in [5.74, 6) is 0.203. The van der Waals surface area contributed by atoms with E-state index >= 15 is 0 Å². The molecule has 124 valence electrons. The molecule has 0 atom stereocenters. The predicted molar refractivity (Wildman–Crippen MR) is 107 cm³/mol. The Labute approximate surface area is 166 Å². The van der Waals surface area contributed by atoms with Crippen LogP contribution in [0.25, 0.3) is 0 Å². The van der Waals surface area contributed by atoms with Crippen LogP contribution in [0.1, 0.15) is 6.42 Å². The van der Waals surface area contributed by atoms with E-state index < -0.39 is 0 Å². The number of hydrogen-bond donors (Lipinski definition) is 2. The topological polar surface area (TPSA) is 55.1 Å². The van der Waals surface area contributed by atoms with E-state index in [9.17, 15) is 4.79 Å². The summed E-state index contributed by atoms with van der Waals surface area (Å²) in [4.78, 5) is 11.2. The first kappa shape index (κ1) is 20.6. The van der Waals surface area contributed by atoms with E-state index in [4.69, 9.17) is 40.5 Å². The third-order valence-electron chi connectivity index (χ3n) is 2.47. The van der Waals surface area contributed by atoms with Gasteiger partial charge in [-0.15, -0.1) is 11.6 Å². The molecular weight excluding hydrogens is 490 g/mol. The van der Waals surface area contributed by atoms with Crippen LogP contribution in [-0.4, -0.2) is 11.8 Å². The van der Waals surface area contributed by atoms with Gasteiger partial charge in [0.25, 0.3) is 0 Å². The van der Waals surface area contributed by atoms with E-state index in [1.807, 2.05) is 6.07 Å². The maximum Gasteiger partial charge on any atom is 0.225 e. The van der Waals surface area contributed by atoms with Crippen molar-refractivity contribution in [3.63, 3.8) is 0 Å². The van der Waals surface area contributed by atoms with Crippen molar-refractivity contribution in [2.45, 2.75) is 6.42 Å². The van der Waals surface area contributed by atoms with Crippen LogP contribution in [0.15, 0.2) is 45.3 Å². The molecule has 3 N–H and O–H groups in total. The van der Waals surface area contributed by atoms with E-state index in [1.54, 1.807) is 30.3 Å². The Morgan fingerprint density at radius 3 is 2.09 bits per heavy atom. The smallest absolute Gasteiger partial charge is 0.225 e. The minimum atomic E-state index is -0.113. The highest BCUT2D eigenvalue weighted by Gasteiger charge is 2.03. The summed E-state index contributed by atoms with van der Waals surface area (Å²) in [6.45, 7) is 0. The Morgan fingerprint density at radius 2 is 1.61 bits per heavy atom. The van der Waals surface area contributed by atoms with Crippen LogP contribution < -0.4 is 11.1 Å². The minimum Gasteiger partial charge on any atom is -0.399 e. The van der Waals surface area contributed by atoms with Crippen LogP contribution in [-0.2, 0) is 4.79 Å². The molecule has 8 heteroatoms. The predicted octanol–water partition coefficient (Wildman–Crippen LogP) is 6.35. The van der Waals surface area contributed by atoms with Crippen LogP contribution >= 0.6 is 66.7 Å². The van der Waals surface area contributed by atoms with Crippen LogP contribution in [0.5, 0.6) is 0 Å². The zero-order chi connectivity index (χ0) is 17.4. The second-order valence-corrected chi connectivity index (χ2v) is 7.19. The summed E-state index contributed by atoms with van der Waals surface area (Å²) in [5, 5.41) is 3.89. The number of carbonyl (C=O) groups excluding carboxylic acids is 1. The van der Waals surface area contributed by atoms with Gasteiger partial charge in [-0.3, -0.25) is 4.79 Å². The van der Waals surface area contributed by atoms with Crippen molar-refractivity contribution >= 4 is 83.9 Å². The van der Waals surface area contributed by atoms with Gasteiger partial charge in [0.05, 0.1) is 10.0 Å². The molecule has 1 amide bonds. The van der Waals surface area contributed by atoms with Crippen LogP contribution in [0.2, 0.25) is 10.0 Å². The molecule has 3 nitrogen and oxygen atoms in total. The lowest BCUT2D eigenvalue weighted by molar-refractivity contribution is -0.115. The number of amides is 1. The Bertz CT molecular complexity index is 684. The van der Waals surface area contributed by atoms with Gasteiger partial charge in [-0.2, -0.15) is 0 Å². The highest BCUT2D eigenvalue weighted by Crippen LogP contribution is 2.25. The molecule has 0 aromatic heterocycles. The zero-order valence-electron chi connectivity index (χ0n) is 11.8. The Hall–Kier alpha value is -0.460. The van der Waals surface area contributed by atoms with Crippen LogP contribution in [0, 0.1) is 0 Å². The van der Waals surface area contributed by atoms with Gasteiger partial charge < -0.3 is 11.1 Å². The van der Waals surface area contributed by atoms with E-state index in [1.165, 1.54) is 0 Å².